The number of carbonyl (C=O) groups is 2. The summed E-state index contributed by atoms with van der Waals surface area (Å²) in [5.41, 5.74) is 0. The minimum atomic E-state index is -3.17. The average Bonchev–Trinajstić information content (AvgIpc) is 2.96. The van der Waals surface area contributed by atoms with Crippen LogP contribution in [0.15, 0.2) is 0 Å². The van der Waals surface area contributed by atoms with Gasteiger partial charge in [0.15, 0.2) is 0 Å². The number of piperidine rings is 1. The Balaban J connectivity index is 1.80. The highest BCUT2D eigenvalue weighted by atomic mass is 32.2. The predicted molar refractivity (Wildman–Crippen MR) is 80.7 cm³/mol. The summed E-state index contributed by atoms with van der Waals surface area (Å²) in [4.78, 5) is 23.1. The molecule has 7 nitrogen and oxygen atoms in total. The van der Waals surface area contributed by atoms with Crippen molar-refractivity contribution in [2.45, 2.75) is 45.1 Å². The Labute approximate surface area is 131 Å². The van der Waals surface area contributed by atoms with Crippen LogP contribution >= 0.6 is 0 Å². The predicted octanol–water partition coefficient (Wildman–Crippen LogP) is 0.418. The van der Waals surface area contributed by atoms with Crippen LogP contribution in [0.25, 0.3) is 0 Å². The summed E-state index contributed by atoms with van der Waals surface area (Å²) in [5.74, 6) is -1.31. The smallest absolute Gasteiger partial charge is 0.306 e. The maximum Gasteiger partial charge on any atom is 0.306 e. The molecule has 2 aliphatic rings. The van der Waals surface area contributed by atoms with Gasteiger partial charge < -0.3 is 10.4 Å². The van der Waals surface area contributed by atoms with Crippen molar-refractivity contribution in [1.82, 2.24) is 9.62 Å². The Kier molecular flexibility index (Phi) is 5.44. The van der Waals surface area contributed by atoms with Gasteiger partial charge in [-0.2, -0.15) is 0 Å². The Morgan fingerprint density at radius 3 is 2.27 bits per heavy atom. The highest BCUT2D eigenvalue weighted by Crippen LogP contribution is 2.27. The van der Waals surface area contributed by atoms with Crippen molar-refractivity contribution in [3.8, 4) is 0 Å². The highest BCUT2D eigenvalue weighted by molar-refractivity contribution is 7.89. The molecule has 0 aromatic heterocycles. The van der Waals surface area contributed by atoms with Crippen molar-refractivity contribution in [2.24, 2.45) is 11.8 Å². The quantitative estimate of drug-likeness (QED) is 0.759. The van der Waals surface area contributed by atoms with E-state index < -0.39 is 16.0 Å². The van der Waals surface area contributed by atoms with Crippen LogP contribution in [0.1, 0.15) is 39.0 Å². The van der Waals surface area contributed by atoms with Gasteiger partial charge in [-0.05, 0) is 39.0 Å². The zero-order chi connectivity index (χ0) is 16.3. The number of hydrogen-bond acceptors (Lipinski definition) is 4. The largest absolute Gasteiger partial charge is 0.481 e. The fourth-order valence-corrected chi connectivity index (χ4v) is 4.37. The zero-order valence-electron chi connectivity index (χ0n) is 12.8. The first-order valence-electron chi connectivity index (χ1n) is 7.84. The van der Waals surface area contributed by atoms with Crippen LogP contribution < -0.4 is 5.32 Å². The highest BCUT2D eigenvalue weighted by Gasteiger charge is 2.34. The number of carboxylic acid groups (broad SMARTS) is 1. The van der Waals surface area contributed by atoms with E-state index in [-0.39, 0.29) is 29.5 Å². The molecular weight excluding hydrogens is 308 g/mol. The lowest BCUT2D eigenvalue weighted by Crippen LogP contribution is -2.45. The molecule has 1 heterocycles. The first-order chi connectivity index (χ1) is 10.3. The maximum absolute atomic E-state index is 12.2. The molecular formula is C14H24N2O5S. The van der Waals surface area contributed by atoms with Gasteiger partial charge in [-0.15, -0.1) is 0 Å². The number of amides is 1. The lowest BCUT2D eigenvalue weighted by Gasteiger charge is -2.30. The fraction of sp³-hybridized carbons (Fsp3) is 0.857. The van der Waals surface area contributed by atoms with Gasteiger partial charge in [0.05, 0.1) is 11.7 Å². The van der Waals surface area contributed by atoms with Gasteiger partial charge in [0.1, 0.15) is 0 Å². The summed E-state index contributed by atoms with van der Waals surface area (Å²) in [6.45, 7) is 2.39. The summed E-state index contributed by atoms with van der Waals surface area (Å²) < 4.78 is 25.0. The second-order valence-corrected chi connectivity index (χ2v) is 8.39. The van der Waals surface area contributed by atoms with Crippen molar-refractivity contribution in [1.29, 1.82) is 0 Å². The standard InChI is InChI=1S/C14H24N2O5S/c1-2-22(20,21)16-7-5-10(6-8-16)13(17)15-12-4-3-11(9-12)14(18)19/h10-12H,2-9H2,1H3,(H,15,17)(H,18,19)/t11-,12+/m1/s1. The van der Waals surface area contributed by atoms with Crippen LogP contribution in [0.5, 0.6) is 0 Å². The second kappa shape index (κ2) is 6.95. The van der Waals surface area contributed by atoms with Gasteiger partial charge in [0.2, 0.25) is 15.9 Å². The summed E-state index contributed by atoms with van der Waals surface area (Å²) in [5, 5.41) is 11.9. The first-order valence-corrected chi connectivity index (χ1v) is 9.45. The molecule has 0 aromatic carbocycles. The van der Waals surface area contributed by atoms with Crippen molar-refractivity contribution in [2.75, 3.05) is 18.8 Å². The number of carboxylic acids is 1. The number of rotatable bonds is 5. The van der Waals surface area contributed by atoms with Gasteiger partial charge in [-0.1, -0.05) is 0 Å². The molecule has 1 aliphatic heterocycles. The minimum Gasteiger partial charge on any atom is -0.481 e. The molecule has 0 spiro atoms. The monoisotopic (exact) mass is 332 g/mol. The third kappa shape index (κ3) is 3.98. The van der Waals surface area contributed by atoms with Crippen LogP contribution in [0.2, 0.25) is 0 Å². The Morgan fingerprint density at radius 1 is 1.14 bits per heavy atom. The van der Waals surface area contributed by atoms with Gasteiger partial charge in [-0.25, -0.2) is 12.7 Å². The molecule has 1 saturated carbocycles. The van der Waals surface area contributed by atoms with E-state index in [0.29, 0.717) is 45.2 Å². The van der Waals surface area contributed by atoms with E-state index >= 15 is 0 Å². The normalized spacial score (nSPS) is 27.7. The van der Waals surface area contributed by atoms with E-state index in [1.54, 1.807) is 6.92 Å². The second-order valence-electron chi connectivity index (χ2n) is 6.13. The van der Waals surface area contributed by atoms with E-state index in [1.807, 2.05) is 0 Å². The lowest BCUT2D eigenvalue weighted by molar-refractivity contribution is -0.141. The Morgan fingerprint density at radius 2 is 1.77 bits per heavy atom. The van der Waals surface area contributed by atoms with Crippen molar-refractivity contribution < 1.29 is 23.1 Å². The molecule has 1 saturated heterocycles. The number of hydrogen-bond donors (Lipinski definition) is 2. The van der Waals surface area contributed by atoms with Gasteiger partial charge in [-0.3, -0.25) is 9.59 Å². The summed E-state index contributed by atoms with van der Waals surface area (Å²) in [6, 6.07) is -0.0639. The van der Waals surface area contributed by atoms with Gasteiger partial charge in [0, 0.05) is 25.0 Å². The van der Waals surface area contributed by atoms with E-state index in [0.717, 1.165) is 0 Å². The fourth-order valence-electron chi connectivity index (χ4n) is 3.23. The molecule has 2 rings (SSSR count). The topological polar surface area (TPSA) is 104 Å². The van der Waals surface area contributed by atoms with E-state index in [1.165, 1.54) is 4.31 Å². The van der Waals surface area contributed by atoms with Crippen molar-refractivity contribution >= 4 is 21.9 Å². The SMILES string of the molecule is CCS(=O)(=O)N1CCC(C(=O)N[C@H]2CC[C@@H](C(=O)O)C2)CC1. The first kappa shape index (κ1) is 17.2. The number of aliphatic carboxylic acids is 1. The molecule has 2 atom stereocenters. The van der Waals surface area contributed by atoms with E-state index in [2.05, 4.69) is 5.32 Å². The molecule has 0 aromatic rings. The van der Waals surface area contributed by atoms with Gasteiger partial charge in [0.25, 0.3) is 0 Å². The third-order valence-corrected chi connectivity index (χ3v) is 6.59. The number of nitrogens with zero attached hydrogens (tertiary/aromatic N) is 1. The molecule has 1 aliphatic carbocycles. The van der Waals surface area contributed by atoms with Crippen molar-refractivity contribution in [3.63, 3.8) is 0 Å². The molecule has 126 valence electrons. The molecule has 2 N–H and O–H groups in total. The van der Waals surface area contributed by atoms with Crippen molar-refractivity contribution in [3.05, 3.63) is 0 Å². The summed E-state index contributed by atoms with van der Waals surface area (Å²) in [6.07, 6.45) is 2.85. The minimum absolute atomic E-state index is 0.0639. The number of sulfonamides is 1. The Bertz CT molecular complexity index is 525. The summed E-state index contributed by atoms with van der Waals surface area (Å²) >= 11 is 0. The Hall–Kier alpha value is -1.15. The lowest BCUT2D eigenvalue weighted by atomic mass is 9.96. The van der Waals surface area contributed by atoms with E-state index in [9.17, 15) is 18.0 Å². The maximum atomic E-state index is 12.2. The molecule has 22 heavy (non-hydrogen) atoms. The van der Waals surface area contributed by atoms with Crippen LogP contribution in [0.3, 0.4) is 0 Å². The molecule has 8 heteroatoms. The van der Waals surface area contributed by atoms with Crippen LogP contribution in [0, 0.1) is 11.8 Å². The van der Waals surface area contributed by atoms with E-state index in [4.69, 9.17) is 5.11 Å². The molecule has 0 radical (unpaired) electrons. The molecule has 0 unspecified atom stereocenters. The van der Waals surface area contributed by atoms with Gasteiger partial charge >= 0.3 is 5.97 Å². The van der Waals surface area contributed by atoms with Crippen LogP contribution in [0.4, 0.5) is 0 Å². The van der Waals surface area contributed by atoms with Crippen LogP contribution in [-0.2, 0) is 19.6 Å². The number of nitrogens with one attached hydrogen (secondary N) is 1. The summed E-state index contributed by atoms with van der Waals surface area (Å²) in [7, 11) is -3.17. The molecule has 1 amide bonds. The average molecular weight is 332 g/mol. The zero-order valence-corrected chi connectivity index (χ0v) is 13.6. The molecule has 0 bridgehead atoms. The number of carbonyl (C=O) groups excluding carboxylic acids is 1. The van der Waals surface area contributed by atoms with Crippen LogP contribution in [-0.4, -0.2) is 54.6 Å². The third-order valence-electron chi connectivity index (χ3n) is 4.71. The molecule has 2 fully saturated rings.